The SMILES string of the molecule is CCCCCCNC(=O)CC(N)=S. The predicted molar refractivity (Wildman–Crippen MR) is 58.6 cm³/mol. The van der Waals surface area contributed by atoms with E-state index in [1.54, 1.807) is 0 Å². The van der Waals surface area contributed by atoms with Gasteiger partial charge in [0.1, 0.15) is 0 Å². The van der Waals surface area contributed by atoms with Gasteiger partial charge in [-0.1, -0.05) is 38.4 Å². The molecule has 13 heavy (non-hydrogen) atoms. The van der Waals surface area contributed by atoms with Crippen molar-refractivity contribution in [1.29, 1.82) is 0 Å². The zero-order valence-electron chi connectivity index (χ0n) is 8.14. The number of thiocarbonyl (C=S) groups is 1. The molecule has 3 nitrogen and oxygen atoms in total. The highest BCUT2D eigenvalue weighted by Gasteiger charge is 2.00. The molecule has 0 spiro atoms. The third-order valence-corrected chi connectivity index (χ3v) is 1.83. The molecule has 0 aliphatic rings. The normalized spacial score (nSPS) is 9.62. The largest absolute Gasteiger partial charge is 0.393 e. The maximum Gasteiger partial charge on any atom is 0.226 e. The van der Waals surface area contributed by atoms with Gasteiger partial charge >= 0.3 is 0 Å². The van der Waals surface area contributed by atoms with Crippen LogP contribution in [-0.2, 0) is 4.79 Å². The van der Waals surface area contributed by atoms with Crippen LogP contribution in [0, 0.1) is 0 Å². The average Bonchev–Trinajstić information content (AvgIpc) is 2.02. The molecule has 1 amide bonds. The lowest BCUT2D eigenvalue weighted by Crippen LogP contribution is -2.28. The Bertz CT molecular complexity index is 171. The van der Waals surface area contributed by atoms with Crippen molar-refractivity contribution in [3.8, 4) is 0 Å². The van der Waals surface area contributed by atoms with Crippen molar-refractivity contribution < 1.29 is 4.79 Å². The average molecular weight is 202 g/mol. The highest BCUT2D eigenvalue weighted by atomic mass is 32.1. The molecule has 0 fully saturated rings. The molecule has 0 rings (SSSR count). The summed E-state index contributed by atoms with van der Waals surface area (Å²) in [6.07, 6.45) is 4.82. The first kappa shape index (κ1) is 12.4. The van der Waals surface area contributed by atoms with Crippen molar-refractivity contribution in [2.75, 3.05) is 6.54 Å². The first-order valence-corrected chi connectivity index (χ1v) is 5.12. The van der Waals surface area contributed by atoms with Crippen LogP contribution in [0.25, 0.3) is 0 Å². The van der Waals surface area contributed by atoms with Crippen LogP contribution in [0.2, 0.25) is 0 Å². The summed E-state index contributed by atoms with van der Waals surface area (Å²) in [6, 6.07) is 0. The Balaban J connectivity index is 3.22. The number of hydrogen-bond acceptors (Lipinski definition) is 2. The van der Waals surface area contributed by atoms with E-state index in [9.17, 15) is 4.79 Å². The van der Waals surface area contributed by atoms with Crippen molar-refractivity contribution in [3.63, 3.8) is 0 Å². The molecular weight excluding hydrogens is 184 g/mol. The highest BCUT2D eigenvalue weighted by Crippen LogP contribution is 1.96. The lowest BCUT2D eigenvalue weighted by atomic mass is 10.2. The van der Waals surface area contributed by atoms with Crippen LogP contribution in [0.1, 0.15) is 39.0 Å². The standard InChI is InChI=1S/C9H18N2OS/c1-2-3-4-5-6-11-9(12)7-8(10)13/h2-7H2,1H3,(H2,10,13)(H,11,12). The first-order chi connectivity index (χ1) is 6.16. The highest BCUT2D eigenvalue weighted by molar-refractivity contribution is 7.80. The Morgan fingerprint density at radius 3 is 2.62 bits per heavy atom. The molecule has 0 saturated carbocycles. The number of rotatable bonds is 7. The molecule has 0 aromatic carbocycles. The number of amides is 1. The fraction of sp³-hybridized carbons (Fsp3) is 0.778. The van der Waals surface area contributed by atoms with E-state index < -0.39 is 0 Å². The fourth-order valence-electron chi connectivity index (χ4n) is 1.00. The Kier molecular flexibility index (Phi) is 7.59. The summed E-state index contributed by atoms with van der Waals surface area (Å²) in [4.78, 5) is 11.3. The van der Waals surface area contributed by atoms with Crippen molar-refractivity contribution in [2.24, 2.45) is 5.73 Å². The Morgan fingerprint density at radius 1 is 1.38 bits per heavy atom. The van der Waals surface area contributed by atoms with Crippen LogP contribution < -0.4 is 11.1 Å². The van der Waals surface area contributed by atoms with Gasteiger partial charge in [0.2, 0.25) is 5.91 Å². The van der Waals surface area contributed by atoms with E-state index in [-0.39, 0.29) is 17.3 Å². The minimum absolute atomic E-state index is 0.0657. The summed E-state index contributed by atoms with van der Waals surface area (Å²) in [5.74, 6) is -0.0657. The van der Waals surface area contributed by atoms with Crippen LogP contribution in [0.15, 0.2) is 0 Å². The Labute approximate surface area is 85.1 Å². The van der Waals surface area contributed by atoms with Gasteiger partial charge in [0.15, 0.2) is 0 Å². The minimum Gasteiger partial charge on any atom is -0.393 e. The molecule has 76 valence electrons. The van der Waals surface area contributed by atoms with E-state index in [0.717, 1.165) is 13.0 Å². The third kappa shape index (κ3) is 9.27. The molecule has 0 aromatic heterocycles. The molecule has 0 aliphatic heterocycles. The summed E-state index contributed by atoms with van der Waals surface area (Å²) in [6.45, 7) is 2.90. The molecule has 0 bridgehead atoms. The fourth-order valence-corrected chi connectivity index (χ4v) is 1.13. The summed E-state index contributed by atoms with van der Waals surface area (Å²) < 4.78 is 0. The van der Waals surface area contributed by atoms with Crippen molar-refractivity contribution in [3.05, 3.63) is 0 Å². The van der Waals surface area contributed by atoms with E-state index in [0.29, 0.717) is 0 Å². The van der Waals surface area contributed by atoms with E-state index in [4.69, 9.17) is 5.73 Å². The van der Waals surface area contributed by atoms with Crippen molar-refractivity contribution in [1.82, 2.24) is 5.32 Å². The second-order valence-corrected chi connectivity index (χ2v) is 3.58. The lowest BCUT2D eigenvalue weighted by Gasteiger charge is -2.03. The second-order valence-electron chi connectivity index (χ2n) is 3.05. The zero-order valence-corrected chi connectivity index (χ0v) is 8.95. The molecule has 0 saturated heterocycles. The van der Waals surface area contributed by atoms with Gasteiger partial charge in [0, 0.05) is 6.54 Å². The van der Waals surface area contributed by atoms with Crippen molar-refractivity contribution >= 4 is 23.1 Å². The van der Waals surface area contributed by atoms with Crippen LogP contribution >= 0.6 is 12.2 Å². The van der Waals surface area contributed by atoms with Crippen LogP contribution in [0.5, 0.6) is 0 Å². The number of nitrogens with one attached hydrogen (secondary N) is 1. The topological polar surface area (TPSA) is 55.1 Å². The van der Waals surface area contributed by atoms with Crippen LogP contribution in [0.3, 0.4) is 0 Å². The zero-order chi connectivity index (χ0) is 10.1. The molecule has 0 heterocycles. The van der Waals surface area contributed by atoms with Gasteiger partial charge in [0.05, 0.1) is 11.4 Å². The van der Waals surface area contributed by atoms with E-state index in [1.807, 2.05) is 0 Å². The summed E-state index contributed by atoms with van der Waals surface area (Å²) in [5, 5.41) is 2.77. The molecule has 0 unspecified atom stereocenters. The number of unbranched alkanes of at least 4 members (excludes halogenated alkanes) is 3. The maximum atomic E-state index is 11.0. The molecule has 0 radical (unpaired) electrons. The van der Waals surface area contributed by atoms with Crippen molar-refractivity contribution in [2.45, 2.75) is 39.0 Å². The number of carbonyl (C=O) groups is 1. The Morgan fingerprint density at radius 2 is 2.08 bits per heavy atom. The predicted octanol–water partition coefficient (Wildman–Crippen LogP) is 1.36. The lowest BCUT2D eigenvalue weighted by molar-refractivity contribution is -0.119. The summed E-state index contributed by atoms with van der Waals surface area (Å²) in [5.41, 5.74) is 5.22. The molecule has 4 heteroatoms. The molecule has 3 N–H and O–H groups in total. The quantitative estimate of drug-likeness (QED) is 0.484. The van der Waals surface area contributed by atoms with Gasteiger partial charge in [-0.25, -0.2) is 0 Å². The van der Waals surface area contributed by atoms with E-state index in [2.05, 4.69) is 24.5 Å². The number of carbonyl (C=O) groups excluding carboxylic acids is 1. The first-order valence-electron chi connectivity index (χ1n) is 4.71. The smallest absolute Gasteiger partial charge is 0.226 e. The minimum atomic E-state index is -0.0657. The van der Waals surface area contributed by atoms with E-state index >= 15 is 0 Å². The summed E-state index contributed by atoms with van der Waals surface area (Å²) >= 11 is 4.61. The number of hydrogen-bond donors (Lipinski definition) is 2. The second kappa shape index (κ2) is 7.98. The summed E-state index contributed by atoms with van der Waals surface area (Å²) in [7, 11) is 0. The maximum absolute atomic E-state index is 11.0. The number of nitrogens with two attached hydrogens (primary N) is 1. The monoisotopic (exact) mass is 202 g/mol. The van der Waals surface area contributed by atoms with Crippen LogP contribution in [0.4, 0.5) is 0 Å². The van der Waals surface area contributed by atoms with Gasteiger partial charge in [-0.15, -0.1) is 0 Å². The molecule has 0 atom stereocenters. The van der Waals surface area contributed by atoms with Gasteiger partial charge in [-0.05, 0) is 6.42 Å². The molecule has 0 aliphatic carbocycles. The van der Waals surface area contributed by atoms with Gasteiger partial charge in [0.25, 0.3) is 0 Å². The molecule has 0 aromatic rings. The van der Waals surface area contributed by atoms with E-state index in [1.165, 1.54) is 19.3 Å². The van der Waals surface area contributed by atoms with Gasteiger partial charge in [-0.3, -0.25) is 4.79 Å². The van der Waals surface area contributed by atoms with Crippen LogP contribution in [-0.4, -0.2) is 17.4 Å². The van der Waals surface area contributed by atoms with Gasteiger partial charge < -0.3 is 11.1 Å². The third-order valence-electron chi connectivity index (χ3n) is 1.69. The molecular formula is C9H18N2OS. The van der Waals surface area contributed by atoms with Gasteiger partial charge in [-0.2, -0.15) is 0 Å². The Hall–Kier alpha value is -0.640.